The number of thiophene rings is 1. The maximum absolute atomic E-state index is 12.4. The van der Waals surface area contributed by atoms with Crippen molar-refractivity contribution in [1.29, 1.82) is 0 Å². The Hall–Kier alpha value is -1.93. The number of nitrogens with two attached hydrogens (primary N) is 1. The van der Waals surface area contributed by atoms with Gasteiger partial charge < -0.3 is 16.0 Å². The number of carbonyl (C=O) groups excluding carboxylic acids is 1. The van der Waals surface area contributed by atoms with Gasteiger partial charge in [0.25, 0.3) is 0 Å². The minimum atomic E-state index is -0.405. The minimum absolute atomic E-state index is 0.0229. The van der Waals surface area contributed by atoms with E-state index in [1.54, 1.807) is 11.3 Å². The number of likely N-dealkylation sites (tertiary alicyclic amines) is 1. The van der Waals surface area contributed by atoms with Crippen LogP contribution in [-0.2, 0) is 12.1 Å². The number of hydrogen-bond acceptors (Lipinski definition) is 5. The van der Waals surface area contributed by atoms with Gasteiger partial charge in [-0.15, -0.1) is 5.10 Å². The van der Waals surface area contributed by atoms with Crippen LogP contribution in [0, 0.1) is 5.92 Å². The third kappa shape index (κ3) is 4.24. The highest BCUT2D eigenvalue weighted by atomic mass is 32.1. The molecule has 0 aromatic carbocycles. The summed E-state index contributed by atoms with van der Waals surface area (Å²) in [5.74, 6) is 0.377. The first-order chi connectivity index (χ1) is 12.5. The summed E-state index contributed by atoms with van der Waals surface area (Å²) in [5, 5.41) is 15.4. The Balaban J connectivity index is 1.58. The highest BCUT2D eigenvalue weighted by molar-refractivity contribution is 7.08. The predicted octanol–water partition coefficient (Wildman–Crippen LogP) is 3.26. The lowest BCUT2D eigenvalue weighted by Crippen LogP contribution is -2.43. The number of rotatable bonds is 6. The van der Waals surface area contributed by atoms with Crippen LogP contribution < -0.4 is 11.1 Å². The van der Waals surface area contributed by atoms with E-state index in [1.807, 2.05) is 32.6 Å². The SMILES string of the molecule is CCC(N)(CC)c1cn(CC2CCCN(C(=O)Nc3ccsc3)C2)nn1. The Morgan fingerprint density at radius 3 is 2.96 bits per heavy atom. The molecule has 3 N–H and O–H groups in total. The Bertz CT molecular complexity index is 709. The molecule has 2 aromatic heterocycles. The summed E-state index contributed by atoms with van der Waals surface area (Å²) in [6.07, 6.45) is 5.74. The monoisotopic (exact) mass is 376 g/mol. The van der Waals surface area contributed by atoms with Crippen molar-refractivity contribution in [2.24, 2.45) is 11.7 Å². The van der Waals surface area contributed by atoms with Crippen molar-refractivity contribution in [3.8, 4) is 0 Å². The number of urea groups is 1. The number of hydrogen-bond donors (Lipinski definition) is 2. The molecule has 1 saturated heterocycles. The van der Waals surface area contributed by atoms with E-state index in [1.165, 1.54) is 0 Å². The molecule has 0 aliphatic carbocycles. The largest absolute Gasteiger partial charge is 0.324 e. The Kier molecular flexibility index (Phi) is 5.93. The maximum atomic E-state index is 12.4. The molecule has 1 aliphatic heterocycles. The summed E-state index contributed by atoms with van der Waals surface area (Å²) in [5.41, 5.74) is 7.72. The van der Waals surface area contributed by atoms with Gasteiger partial charge in [-0.3, -0.25) is 4.68 Å². The fourth-order valence-corrected chi connectivity index (χ4v) is 4.02. The number of nitrogens with one attached hydrogen (secondary N) is 1. The van der Waals surface area contributed by atoms with Crippen LogP contribution in [0.4, 0.5) is 10.5 Å². The molecule has 2 aromatic rings. The zero-order chi connectivity index (χ0) is 18.6. The average Bonchev–Trinajstić information content (AvgIpc) is 3.33. The lowest BCUT2D eigenvalue weighted by molar-refractivity contribution is 0.168. The van der Waals surface area contributed by atoms with Gasteiger partial charge in [-0.05, 0) is 43.0 Å². The molecule has 1 fully saturated rings. The molecule has 2 amide bonds. The van der Waals surface area contributed by atoms with Crippen LogP contribution in [0.2, 0.25) is 0 Å². The second-order valence-corrected chi connectivity index (χ2v) is 7.87. The van der Waals surface area contributed by atoms with Crippen LogP contribution in [0.15, 0.2) is 23.0 Å². The van der Waals surface area contributed by atoms with E-state index in [2.05, 4.69) is 29.5 Å². The van der Waals surface area contributed by atoms with Crippen molar-refractivity contribution in [1.82, 2.24) is 19.9 Å². The third-order valence-electron chi connectivity index (χ3n) is 5.33. The van der Waals surface area contributed by atoms with Crippen molar-refractivity contribution >= 4 is 23.1 Å². The normalized spacial score (nSPS) is 18.1. The van der Waals surface area contributed by atoms with Gasteiger partial charge >= 0.3 is 6.03 Å². The average molecular weight is 377 g/mol. The number of aromatic nitrogens is 3. The zero-order valence-corrected chi connectivity index (χ0v) is 16.3. The van der Waals surface area contributed by atoms with E-state index in [0.29, 0.717) is 5.92 Å². The first kappa shape index (κ1) is 18.8. The Morgan fingerprint density at radius 2 is 2.27 bits per heavy atom. The molecule has 8 heteroatoms. The van der Waals surface area contributed by atoms with E-state index >= 15 is 0 Å². The number of carbonyl (C=O) groups is 1. The molecule has 3 heterocycles. The Labute approximate surface area is 158 Å². The molecule has 1 aliphatic rings. The third-order valence-corrected chi connectivity index (χ3v) is 6.02. The smallest absolute Gasteiger partial charge is 0.321 e. The fourth-order valence-electron chi connectivity index (χ4n) is 3.43. The fraction of sp³-hybridized carbons (Fsp3) is 0.611. The summed E-state index contributed by atoms with van der Waals surface area (Å²) >= 11 is 1.58. The lowest BCUT2D eigenvalue weighted by Gasteiger charge is -2.32. The molecule has 26 heavy (non-hydrogen) atoms. The van der Waals surface area contributed by atoms with Gasteiger partial charge in [-0.1, -0.05) is 19.1 Å². The minimum Gasteiger partial charge on any atom is -0.324 e. The Morgan fingerprint density at radius 1 is 1.46 bits per heavy atom. The molecule has 1 unspecified atom stereocenters. The summed E-state index contributed by atoms with van der Waals surface area (Å²) < 4.78 is 1.88. The van der Waals surface area contributed by atoms with Gasteiger partial charge in [0, 0.05) is 25.0 Å². The summed E-state index contributed by atoms with van der Waals surface area (Å²) in [4.78, 5) is 14.3. The van der Waals surface area contributed by atoms with Crippen LogP contribution >= 0.6 is 11.3 Å². The number of anilines is 1. The molecule has 1 atom stereocenters. The lowest BCUT2D eigenvalue weighted by atomic mass is 9.91. The molecule has 7 nitrogen and oxygen atoms in total. The maximum Gasteiger partial charge on any atom is 0.321 e. The topological polar surface area (TPSA) is 89.1 Å². The van der Waals surface area contributed by atoms with E-state index in [-0.39, 0.29) is 6.03 Å². The molecular formula is C18H28N6OS. The van der Waals surface area contributed by atoms with Crippen LogP contribution in [0.5, 0.6) is 0 Å². The summed E-state index contributed by atoms with van der Waals surface area (Å²) in [6.45, 7) is 6.45. The summed E-state index contributed by atoms with van der Waals surface area (Å²) in [6, 6.07) is 1.90. The van der Waals surface area contributed by atoms with E-state index in [4.69, 9.17) is 5.73 Å². The van der Waals surface area contributed by atoms with Crippen LogP contribution in [0.1, 0.15) is 45.2 Å². The first-order valence-corrected chi connectivity index (χ1v) is 10.3. The van der Waals surface area contributed by atoms with Gasteiger partial charge in [0.05, 0.1) is 17.4 Å². The van der Waals surface area contributed by atoms with Crippen LogP contribution in [0.25, 0.3) is 0 Å². The van der Waals surface area contributed by atoms with Crippen molar-refractivity contribution in [3.05, 3.63) is 28.7 Å². The van der Waals surface area contributed by atoms with E-state index in [0.717, 1.165) is 56.7 Å². The molecule has 0 saturated carbocycles. The highest BCUT2D eigenvalue weighted by Crippen LogP contribution is 2.24. The van der Waals surface area contributed by atoms with Crippen molar-refractivity contribution < 1.29 is 4.79 Å². The highest BCUT2D eigenvalue weighted by Gasteiger charge is 2.28. The van der Waals surface area contributed by atoms with E-state index in [9.17, 15) is 4.79 Å². The molecule has 0 spiro atoms. The summed E-state index contributed by atoms with van der Waals surface area (Å²) in [7, 11) is 0. The number of piperidine rings is 1. The van der Waals surface area contributed by atoms with Gasteiger partial charge in [0.15, 0.2) is 0 Å². The quantitative estimate of drug-likeness (QED) is 0.810. The second kappa shape index (κ2) is 8.18. The zero-order valence-electron chi connectivity index (χ0n) is 15.5. The standard InChI is InChI=1S/C18H28N6OS/c1-3-18(19,4-2)16-12-24(22-21-16)11-14-6-5-8-23(10-14)17(25)20-15-7-9-26-13-15/h7,9,12-14H,3-6,8,10-11,19H2,1-2H3,(H,20,25). The van der Waals surface area contributed by atoms with Crippen LogP contribution in [-0.4, -0.2) is 39.0 Å². The van der Waals surface area contributed by atoms with Crippen molar-refractivity contribution in [2.75, 3.05) is 18.4 Å². The van der Waals surface area contributed by atoms with Gasteiger partial charge in [-0.2, -0.15) is 11.3 Å². The molecular weight excluding hydrogens is 348 g/mol. The molecule has 0 bridgehead atoms. The number of amides is 2. The van der Waals surface area contributed by atoms with Gasteiger partial charge in [-0.25, -0.2) is 4.79 Å². The van der Waals surface area contributed by atoms with Crippen LogP contribution in [0.3, 0.4) is 0 Å². The van der Waals surface area contributed by atoms with Gasteiger partial charge in [0.2, 0.25) is 0 Å². The molecule has 142 valence electrons. The van der Waals surface area contributed by atoms with Crippen molar-refractivity contribution in [3.63, 3.8) is 0 Å². The molecule has 0 radical (unpaired) electrons. The second-order valence-electron chi connectivity index (χ2n) is 7.09. The predicted molar refractivity (Wildman–Crippen MR) is 104 cm³/mol. The number of nitrogens with zero attached hydrogens (tertiary/aromatic N) is 4. The molecule has 3 rings (SSSR count). The van der Waals surface area contributed by atoms with Crippen molar-refractivity contribution in [2.45, 2.75) is 51.6 Å². The van der Waals surface area contributed by atoms with Gasteiger partial charge in [0.1, 0.15) is 5.69 Å². The first-order valence-electron chi connectivity index (χ1n) is 9.31. The van der Waals surface area contributed by atoms with E-state index < -0.39 is 5.54 Å².